The molecular weight excluding hydrogens is 343 g/mol. The Balaban J connectivity index is 2.08. The van der Waals surface area contributed by atoms with Crippen LogP contribution in [0.25, 0.3) is 0 Å². The summed E-state index contributed by atoms with van der Waals surface area (Å²) in [5.74, 6) is -0.197. The fourth-order valence-electron chi connectivity index (χ4n) is 2.29. The Morgan fingerprint density at radius 2 is 1.96 bits per heavy atom. The van der Waals surface area contributed by atoms with Gasteiger partial charge < -0.3 is 5.32 Å². The van der Waals surface area contributed by atoms with Gasteiger partial charge in [-0.1, -0.05) is 32.4 Å². The normalized spacial score (nSPS) is 17.0. The van der Waals surface area contributed by atoms with E-state index in [-0.39, 0.29) is 41.3 Å². The van der Waals surface area contributed by atoms with Crippen LogP contribution in [0.1, 0.15) is 64.3 Å². The molecule has 1 aromatic heterocycles. The summed E-state index contributed by atoms with van der Waals surface area (Å²) < 4.78 is 40.2. The summed E-state index contributed by atoms with van der Waals surface area (Å²) in [7, 11) is 0. The number of hydrogen-bond donors (Lipinski definition) is 1. The van der Waals surface area contributed by atoms with E-state index in [1.807, 2.05) is 27.7 Å². The number of alkyl halides is 3. The van der Waals surface area contributed by atoms with Gasteiger partial charge in [-0.15, -0.1) is 0 Å². The number of nitrogens with one attached hydrogen (secondary N) is 1. The number of hydrogen-bond acceptors (Lipinski definition) is 2. The van der Waals surface area contributed by atoms with Crippen molar-refractivity contribution in [1.82, 2.24) is 15.1 Å². The highest BCUT2D eigenvalue weighted by Crippen LogP contribution is 2.46. The first-order chi connectivity index (χ1) is 10.9. The molecule has 0 radical (unpaired) electrons. The molecule has 0 saturated heterocycles. The van der Waals surface area contributed by atoms with Gasteiger partial charge in [0.25, 0.3) is 0 Å². The van der Waals surface area contributed by atoms with Crippen molar-refractivity contribution < 1.29 is 18.0 Å². The first-order valence-electron chi connectivity index (χ1n) is 8.04. The van der Waals surface area contributed by atoms with Crippen molar-refractivity contribution in [3.8, 4) is 0 Å². The average Bonchev–Trinajstić information content (AvgIpc) is 3.18. The second-order valence-electron chi connectivity index (χ2n) is 7.45. The van der Waals surface area contributed by atoms with Gasteiger partial charge in [0.15, 0.2) is 5.69 Å². The van der Waals surface area contributed by atoms with Gasteiger partial charge in [0.05, 0.1) is 17.3 Å². The summed E-state index contributed by atoms with van der Waals surface area (Å²) in [6.07, 6.45) is -2.92. The maximum atomic E-state index is 13.0. The predicted molar refractivity (Wildman–Crippen MR) is 85.9 cm³/mol. The van der Waals surface area contributed by atoms with Gasteiger partial charge in [-0.25, -0.2) is 0 Å². The Labute approximate surface area is 144 Å². The highest BCUT2D eigenvalue weighted by Gasteiger charge is 2.42. The Hall–Kier alpha value is -1.24. The van der Waals surface area contributed by atoms with E-state index in [0.29, 0.717) is 5.69 Å². The number of amides is 1. The van der Waals surface area contributed by atoms with E-state index < -0.39 is 11.9 Å². The Morgan fingerprint density at radius 3 is 2.42 bits per heavy atom. The van der Waals surface area contributed by atoms with Crippen LogP contribution in [-0.4, -0.2) is 21.7 Å². The molecule has 0 aliphatic heterocycles. The lowest BCUT2D eigenvalue weighted by molar-refractivity contribution is -0.141. The Bertz CT molecular complexity index is 615. The Kier molecular flexibility index (Phi) is 5.23. The Morgan fingerprint density at radius 1 is 1.38 bits per heavy atom. The molecule has 4 nitrogen and oxygen atoms in total. The van der Waals surface area contributed by atoms with Crippen LogP contribution < -0.4 is 5.32 Å². The van der Waals surface area contributed by atoms with Crippen LogP contribution in [0.3, 0.4) is 0 Å². The SMILES string of the molecule is C[C@@H](NC(=O)CCn1nc(C(F)(F)F)c(Cl)c1C1CC1)C(C)(C)C. The minimum atomic E-state index is -4.59. The van der Waals surface area contributed by atoms with E-state index >= 15 is 0 Å². The van der Waals surface area contributed by atoms with Crippen LogP contribution in [0.15, 0.2) is 0 Å². The molecule has 1 aliphatic rings. The van der Waals surface area contributed by atoms with E-state index in [1.54, 1.807) is 0 Å². The second-order valence-corrected chi connectivity index (χ2v) is 7.83. The molecule has 0 spiro atoms. The fraction of sp³-hybridized carbons (Fsp3) is 0.750. The molecule has 1 aliphatic carbocycles. The quantitative estimate of drug-likeness (QED) is 0.842. The van der Waals surface area contributed by atoms with E-state index in [9.17, 15) is 18.0 Å². The van der Waals surface area contributed by atoms with Crippen molar-refractivity contribution in [1.29, 1.82) is 0 Å². The molecule has 0 bridgehead atoms. The fourth-order valence-corrected chi connectivity index (χ4v) is 2.69. The third kappa shape index (κ3) is 4.43. The van der Waals surface area contributed by atoms with Crippen molar-refractivity contribution in [3.05, 3.63) is 16.4 Å². The monoisotopic (exact) mass is 365 g/mol. The smallest absolute Gasteiger partial charge is 0.353 e. The molecule has 1 atom stereocenters. The summed E-state index contributed by atoms with van der Waals surface area (Å²) in [6, 6.07) is -0.0418. The number of rotatable bonds is 5. The molecule has 0 unspecified atom stereocenters. The van der Waals surface area contributed by atoms with Gasteiger partial charge in [0.1, 0.15) is 0 Å². The molecule has 0 aromatic carbocycles. The zero-order valence-corrected chi connectivity index (χ0v) is 15.1. The van der Waals surface area contributed by atoms with E-state index in [2.05, 4.69) is 10.4 Å². The molecule has 1 fully saturated rings. The summed E-state index contributed by atoms with van der Waals surface area (Å²) in [6.45, 7) is 8.01. The predicted octanol–water partition coefficient (Wildman–Crippen LogP) is 4.37. The third-order valence-electron chi connectivity index (χ3n) is 4.39. The maximum absolute atomic E-state index is 13.0. The lowest BCUT2D eigenvalue weighted by atomic mass is 9.88. The standard InChI is InChI=1S/C16H23ClF3N3O/c1-9(15(2,3)4)21-11(24)7-8-23-13(10-5-6-10)12(17)14(22-23)16(18,19)20/h9-10H,5-8H2,1-4H3,(H,21,24)/t9-/m1/s1. The maximum Gasteiger partial charge on any atom is 0.436 e. The molecule has 1 amide bonds. The van der Waals surface area contributed by atoms with Gasteiger partial charge in [0.2, 0.25) is 5.91 Å². The molecule has 1 saturated carbocycles. The van der Waals surface area contributed by atoms with E-state index in [1.165, 1.54) is 4.68 Å². The zero-order valence-electron chi connectivity index (χ0n) is 14.3. The van der Waals surface area contributed by atoms with Crippen molar-refractivity contribution in [3.63, 3.8) is 0 Å². The highest BCUT2D eigenvalue weighted by molar-refractivity contribution is 6.32. The van der Waals surface area contributed by atoms with Crippen LogP contribution in [0.5, 0.6) is 0 Å². The number of carbonyl (C=O) groups excluding carboxylic acids is 1. The number of halogens is 4. The number of aromatic nitrogens is 2. The van der Waals surface area contributed by atoms with Gasteiger partial charge in [-0.2, -0.15) is 18.3 Å². The van der Waals surface area contributed by atoms with Gasteiger partial charge in [-0.05, 0) is 25.2 Å². The van der Waals surface area contributed by atoms with E-state index in [4.69, 9.17) is 11.6 Å². The molecule has 1 N–H and O–H groups in total. The number of carbonyl (C=O) groups is 1. The molecule has 2 rings (SSSR count). The lowest BCUT2D eigenvalue weighted by Gasteiger charge is -2.28. The average molecular weight is 366 g/mol. The van der Waals surface area contributed by atoms with Crippen LogP contribution in [0.2, 0.25) is 5.02 Å². The van der Waals surface area contributed by atoms with Crippen LogP contribution in [0, 0.1) is 5.41 Å². The summed E-state index contributed by atoms with van der Waals surface area (Å²) in [4.78, 5) is 12.1. The molecule has 1 aromatic rings. The molecule has 1 heterocycles. The molecule has 24 heavy (non-hydrogen) atoms. The largest absolute Gasteiger partial charge is 0.436 e. The second kappa shape index (κ2) is 6.58. The van der Waals surface area contributed by atoms with E-state index in [0.717, 1.165) is 12.8 Å². The summed E-state index contributed by atoms with van der Waals surface area (Å²) in [5.41, 5.74) is -0.747. The van der Waals surface area contributed by atoms with Crippen molar-refractivity contribution in [2.75, 3.05) is 0 Å². The van der Waals surface area contributed by atoms with Crippen LogP contribution >= 0.6 is 11.6 Å². The summed E-state index contributed by atoms with van der Waals surface area (Å²) >= 11 is 5.90. The lowest BCUT2D eigenvalue weighted by Crippen LogP contribution is -2.41. The third-order valence-corrected chi connectivity index (χ3v) is 4.76. The minimum Gasteiger partial charge on any atom is -0.353 e. The molecule has 136 valence electrons. The molecule has 8 heteroatoms. The van der Waals surface area contributed by atoms with Gasteiger partial charge in [0, 0.05) is 18.4 Å². The first-order valence-corrected chi connectivity index (χ1v) is 8.41. The zero-order chi connectivity index (χ0) is 18.3. The van der Waals surface area contributed by atoms with Crippen LogP contribution in [0.4, 0.5) is 13.2 Å². The number of nitrogens with zero attached hydrogens (tertiary/aromatic N) is 2. The minimum absolute atomic E-state index is 0.0117. The van der Waals surface area contributed by atoms with Crippen LogP contribution in [-0.2, 0) is 17.5 Å². The number of aryl methyl sites for hydroxylation is 1. The van der Waals surface area contributed by atoms with Gasteiger partial charge >= 0.3 is 6.18 Å². The van der Waals surface area contributed by atoms with Gasteiger partial charge in [-0.3, -0.25) is 9.48 Å². The summed E-state index contributed by atoms with van der Waals surface area (Å²) in [5, 5.41) is 6.17. The molecular formula is C16H23ClF3N3O. The van der Waals surface area contributed by atoms with Crippen molar-refractivity contribution in [2.45, 2.75) is 71.6 Å². The first kappa shape index (κ1) is 19.1. The van der Waals surface area contributed by atoms with Crippen molar-refractivity contribution in [2.24, 2.45) is 5.41 Å². The highest BCUT2D eigenvalue weighted by atomic mass is 35.5. The van der Waals surface area contributed by atoms with Crippen molar-refractivity contribution >= 4 is 17.5 Å². The topological polar surface area (TPSA) is 46.9 Å².